The van der Waals surface area contributed by atoms with E-state index in [1.807, 2.05) is 18.2 Å². The molecule has 1 rings (SSSR count). The van der Waals surface area contributed by atoms with Crippen molar-refractivity contribution >= 4 is 0 Å². The summed E-state index contributed by atoms with van der Waals surface area (Å²) in [4.78, 5) is 0. The molecule has 0 saturated heterocycles. The van der Waals surface area contributed by atoms with Gasteiger partial charge in [-0.05, 0) is 18.9 Å². The normalized spacial score (nSPS) is 11.9. The molecule has 0 N–H and O–H groups in total. The molecule has 0 bridgehead atoms. The molecule has 14 heavy (non-hydrogen) atoms. The Balaban J connectivity index is 2.49. The Morgan fingerprint density at radius 3 is 2.64 bits per heavy atom. The van der Waals surface area contributed by atoms with E-state index in [1.165, 1.54) is 11.1 Å². The van der Waals surface area contributed by atoms with Gasteiger partial charge < -0.3 is 0 Å². The summed E-state index contributed by atoms with van der Waals surface area (Å²) in [5.41, 5.74) is 2.58. The third-order valence-corrected chi connectivity index (χ3v) is 1.96. The van der Waals surface area contributed by atoms with E-state index in [2.05, 4.69) is 49.9 Å². The van der Waals surface area contributed by atoms with E-state index in [1.54, 1.807) is 0 Å². The minimum atomic E-state index is 0.989. The van der Waals surface area contributed by atoms with E-state index >= 15 is 0 Å². The molecule has 0 aliphatic rings. The van der Waals surface area contributed by atoms with Gasteiger partial charge in [-0.1, -0.05) is 66.8 Å². The minimum Gasteiger partial charge on any atom is -0.0991 e. The Morgan fingerprint density at radius 2 is 2.00 bits per heavy atom. The molecule has 0 radical (unpaired) electrons. The lowest BCUT2D eigenvalue weighted by molar-refractivity contribution is 1.26. The fourth-order valence-corrected chi connectivity index (χ4v) is 1.24. The second kappa shape index (κ2) is 5.98. The minimum absolute atomic E-state index is 0.989. The van der Waals surface area contributed by atoms with Gasteiger partial charge in [0.1, 0.15) is 0 Å². The van der Waals surface area contributed by atoms with E-state index in [-0.39, 0.29) is 0 Å². The molecule has 0 fully saturated rings. The van der Waals surface area contributed by atoms with E-state index < -0.39 is 0 Å². The van der Waals surface area contributed by atoms with Gasteiger partial charge in [0.05, 0.1) is 0 Å². The highest BCUT2D eigenvalue weighted by Gasteiger charge is 1.85. The summed E-state index contributed by atoms with van der Waals surface area (Å²) in [5, 5.41) is 0. The van der Waals surface area contributed by atoms with Crippen molar-refractivity contribution in [2.75, 3.05) is 0 Å². The first-order valence-corrected chi connectivity index (χ1v) is 4.82. The maximum Gasteiger partial charge on any atom is -0.00942 e. The summed E-state index contributed by atoms with van der Waals surface area (Å²) in [6.45, 7) is 5.73. The lowest BCUT2D eigenvalue weighted by Gasteiger charge is -1.94. The van der Waals surface area contributed by atoms with Crippen LogP contribution in [0.5, 0.6) is 0 Å². The van der Waals surface area contributed by atoms with E-state index in [0.29, 0.717) is 0 Å². The summed E-state index contributed by atoms with van der Waals surface area (Å²) >= 11 is 0. The first kappa shape index (κ1) is 10.5. The van der Waals surface area contributed by atoms with Crippen molar-refractivity contribution in [1.29, 1.82) is 0 Å². The van der Waals surface area contributed by atoms with Gasteiger partial charge in [-0.3, -0.25) is 0 Å². The van der Waals surface area contributed by atoms with Gasteiger partial charge in [0.25, 0.3) is 0 Å². The van der Waals surface area contributed by atoms with Gasteiger partial charge in [-0.25, -0.2) is 0 Å². The molecule has 0 amide bonds. The lowest BCUT2D eigenvalue weighted by atomic mass is 10.1. The van der Waals surface area contributed by atoms with Crippen LogP contribution >= 0.6 is 0 Å². The zero-order valence-electron chi connectivity index (χ0n) is 8.61. The Labute approximate surface area is 86.3 Å². The van der Waals surface area contributed by atoms with E-state index in [4.69, 9.17) is 0 Å². The van der Waals surface area contributed by atoms with Crippen LogP contribution in [0, 0.1) is 0 Å². The molecule has 1 aromatic carbocycles. The molecule has 0 nitrogen and oxygen atoms in total. The van der Waals surface area contributed by atoms with Crippen LogP contribution in [-0.2, 0) is 6.42 Å². The Kier molecular flexibility index (Phi) is 4.49. The molecule has 0 aromatic heterocycles. The van der Waals surface area contributed by atoms with Crippen molar-refractivity contribution in [1.82, 2.24) is 0 Å². The maximum atomic E-state index is 3.66. The Morgan fingerprint density at radius 1 is 1.29 bits per heavy atom. The molecule has 0 aliphatic heterocycles. The first-order valence-electron chi connectivity index (χ1n) is 4.82. The number of rotatable bonds is 4. The zero-order valence-corrected chi connectivity index (χ0v) is 8.61. The molecule has 72 valence electrons. The highest BCUT2D eigenvalue weighted by molar-refractivity contribution is 5.23. The highest BCUT2D eigenvalue weighted by Crippen LogP contribution is 2.02. The molecule has 0 aliphatic carbocycles. The third kappa shape index (κ3) is 3.90. The maximum absolute atomic E-state index is 3.66. The average molecular weight is 184 g/mol. The van der Waals surface area contributed by atoms with Crippen molar-refractivity contribution in [2.24, 2.45) is 0 Å². The molecule has 0 spiro atoms. The molecule has 1 aromatic rings. The molecule has 0 heterocycles. The standard InChI is InChI=1S/C14H16/c1-3-8-13(2)9-7-12-14-10-5-4-6-11-14/h3-11H,1,12H2,2H3. The van der Waals surface area contributed by atoms with E-state index in [0.717, 1.165) is 6.42 Å². The van der Waals surface area contributed by atoms with Gasteiger partial charge in [-0.2, -0.15) is 0 Å². The topological polar surface area (TPSA) is 0 Å². The lowest BCUT2D eigenvalue weighted by Crippen LogP contribution is -1.78. The van der Waals surface area contributed by atoms with Gasteiger partial charge in [0, 0.05) is 0 Å². The zero-order chi connectivity index (χ0) is 10.2. The summed E-state index contributed by atoms with van der Waals surface area (Å²) in [5.74, 6) is 0. The smallest absolute Gasteiger partial charge is 0.00942 e. The van der Waals surface area contributed by atoms with Gasteiger partial charge in [0.2, 0.25) is 0 Å². The molecule has 0 heteroatoms. The van der Waals surface area contributed by atoms with Crippen molar-refractivity contribution in [3.8, 4) is 0 Å². The predicted octanol–water partition coefficient (Wildman–Crippen LogP) is 3.92. The average Bonchev–Trinajstić information content (AvgIpc) is 2.20. The number of hydrogen-bond donors (Lipinski definition) is 0. The second-order valence-corrected chi connectivity index (χ2v) is 3.24. The fraction of sp³-hybridized carbons (Fsp3) is 0.143. The van der Waals surface area contributed by atoms with Crippen LogP contribution in [0.2, 0.25) is 0 Å². The molecular formula is C14H16. The van der Waals surface area contributed by atoms with Crippen LogP contribution < -0.4 is 0 Å². The van der Waals surface area contributed by atoms with Crippen molar-refractivity contribution in [2.45, 2.75) is 13.3 Å². The van der Waals surface area contributed by atoms with Crippen molar-refractivity contribution in [3.05, 3.63) is 72.4 Å². The van der Waals surface area contributed by atoms with Crippen LogP contribution in [-0.4, -0.2) is 0 Å². The van der Waals surface area contributed by atoms with Crippen molar-refractivity contribution in [3.63, 3.8) is 0 Å². The largest absolute Gasteiger partial charge is 0.0991 e. The predicted molar refractivity (Wildman–Crippen MR) is 63.2 cm³/mol. The SMILES string of the molecule is C=CC=C(C)C=CCc1ccccc1. The molecule has 0 saturated carbocycles. The van der Waals surface area contributed by atoms with Gasteiger partial charge >= 0.3 is 0 Å². The summed E-state index contributed by atoms with van der Waals surface area (Å²) in [6.07, 6.45) is 9.09. The highest BCUT2D eigenvalue weighted by atomic mass is 13.9. The van der Waals surface area contributed by atoms with Crippen LogP contribution in [0.4, 0.5) is 0 Å². The number of benzene rings is 1. The second-order valence-electron chi connectivity index (χ2n) is 3.24. The summed E-state index contributed by atoms with van der Waals surface area (Å²) < 4.78 is 0. The monoisotopic (exact) mass is 184 g/mol. The Bertz CT molecular complexity index is 328. The molecular weight excluding hydrogens is 168 g/mol. The van der Waals surface area contributed by atoms with E-state index in [9.17, 15) is 0 Å². The van der Waals surface area contributed by atoms with Crippen LogP contribution in [0.15, 0.2) is 66.8 Å². The van der Waals surface area contributed by atoms with Gasteiger partial charge in [0.15, 0.2) is 0 Å². The van der Waals surface area contributed by atoms with Crippen LogP contribution in [0.1, 0.15) is 12.5 Å². The summed E-state index contributed by atoms with van der Waals surface area (Å²) in [7, 11) is 0. The van der Waals surface area contributed by atoms with Crippen molar-refractivity contribution < 1.29 is 0 Å². The number of hydrogen-bond acceptors (Lipinski definition) is 0. The molecule has 0 unspecified atom stereocenters. The quantitative estimate of drug-likeness (QED) is 0.622. The Hall–Kier alpha value is -1.56. The first-order chi connectivity index (χ1) is 6.83. The number of allylic oxidation sites excluding steroid dienone is 5. The third-order valence-electron chi connectivity index (χ3n) is 1.96. The van der Waals surface area contributed by atoms with Crippen LogP contribution in [0.25, 0.3) is 0 Å². The van der Waals surface area contributed by atoms with Gasteiger partial charge in [-0.15, -0.1) is 0 Å². The molecule has 0 atom stereocenters. The fourth-order valence-electron chi connectivity index (χ4n) is 1.24. The summed E-state index contributed by atoms with van der Waals surface area (Å²) in [6, 6.07) is 10.4. The van der Waals surface area contributed by atoms with Crippen LogP contribution in [0.3, 0.4) is 0 Å².